The zero-order valence-electron chi connectivity index (χ0n) is 7.80. The molecule has 1 aromatic heterocycles. The van der Waals surface area contributed by atoms with Crippen LogP contribution in [-0.2, 0) is 4.79 Å². The molecule has 0 aliphatic carbocycles. The van der Waals surface area contributed by atoms with E-state index in [1.165, 1.54) is 6.07 Å². The Morgan fingerprint density at radius 2 is 2.07 bits per heavy atom. The Kier molecular flexibility index (Phi) is 2.49. The molecule has 0 unspecified atom stereocenters. The van der Waals surface area contributed by atoms with Crippen molar-refractivity contribution in [3.05, 3.63) is 40.8 Å². The molecule has 2 aromatic rings. The van der Waals surface area contributed by atoms with E-state index >= 15 is 0 Å². The van der Waals surface area contributed by atoms with Gasteiger partial charge in [-0.25, -0.2) is 4.79 Å². The summed E-state index contributed by atoms with van der Waals surface area (Å²) >= 11 is 0. The number of fused-ring (bicyclic) bond motifs is 1. The molecular formula is C11H8O4. The lowest BCUT2D eigenvalue weighted by Crippen LogP contribution is -1.98. The molecule has 0 radical (unpaired) electrons. The molecule has 4 heteroatoms. The van der Waals surface area contributed by atoms with Crippen molar-refractivity contribution in [1.82, 2.24) is 0 Å². The van der Waals surface area contributed by atoms with Crippen LogP contribution in [0.1, 0.15) is 0 Å². The lowest BCUT2D eigenvalue weighted by atomic mass is 10.2. The highest BCUT2D eigenvalue weighted by molar-refractivity contribution is 5.77. The van der Waals surface area contributed by atoms with E-state index in [4.69, 9.17) is 9.15 Å². The molecule has 0 fully saturated rings. The van der Waals surface area contributed by atoms with Crippen LogP contribution in [0.15, 0.2) is 39.5 Å². The van der Waals surface area contributed by atoms with Crippen LogP contribution in [0.25, 0.3) is 11.0 Å². The van der Waals surface area contributed by atoms with Crippen LogP contribution in [-0.4, -0.2) is 12.9 Å². The minimum Gasteiger partial charge on any atom is -0.486 e. The highest BCUT2D eigenvalue weighted by Crippen LogP contribution is 2.18. The van der Waals surface area contributed by atoms with Crippen LogP contribution in [0.2, 0.25) is 0 Å². The molecule has 0 saturated heterocycles. The van der Waals surface area contributed by atoms with E-state index in [1.807, 2.05) is 0 Å². The van der Waals surface area contributed by atoms with Crippen LogP contribution in [0.5, 0.6) is 5.75 Å². The molecule has 0 atom stereocenters. The van der Waals surface area contributed by atoms with Gasteiger partial charge in [-0.15, -0.1) is 0 Å². The lowest BCUT2D eigenvalue weighted by Gasteiger charge is -2.02. The summed E-state index contributed by atoms with van der Waals surface area (Å²) in [5.41, 5.74) is 0.0425. The Morgan fingerprint density at radius 1 is 1.27 bits per heavy atom. The molecule has 0 bridgehead atoms. The third-order valence-electron chi connectivity index (χ3n) is 1.91. The zero-order valence-corrected chi connectivity index (χ0v) is 7.80. The molecule has 4 nitrogen and oxygen atoms in total. The molecule has 15 heavy (non-hydrogen) atoms. The minimum atomic E-state index is -0.407. The third-order valence-corrected chi connectivity index (χ3v) is 1.91. The predicted molar refractivity (Wildman–Crippen MR) is 54.0 cm³/mol. The van der Waals surface area contributed by atoms with Gasteiger partial charge in [0.1, 0.15) is 17.9 Å². The first-order valence-electron chi connectivity index (χ1n) is 4.40. The van der Waals surface area contributed by atoms with E-state index in [2.05, 4.69) is 0 Å². The molecule has 0 aliphatic rings. The maximum absolute atomic E-state index is 10.9. The van der Waals surface area contributed by atoms with Crippen molar-refractivity contribution in [1.29, 1.82) is 0 Å². The highest BCUT2D eigenvalue weighted by atomic mass is 16.5. The Labute approximate surface area is 85.1 Å². The monoisotopic (exact) mass is 204 g/mol. The number of carbonyl (C=O) groups is 1. The molecular weight excluding hydrogens is 196 g/mol. The fourth-order valence-corrected chi connectivity index (χ4v) is 1.26. The summed E-state index contributed by atoms with van der Waals surface area (Å²) in [5, 5.41) is 0.813. The summed E-state index contributed by atoms with van der Waals surface area (Å²) < 4.78 is 10.0. The number of hydrogen-bond acceptors (Lipinski definition) is 4. The van der Waals surface area contributed by atoms with E-state index < -0.39 is 5.63 Å². The number of benzene rings is 1. The number of carbonyl (C=O) groups excluding carboxylic acids is 1. The summed E-state index contributed by atoms with van der Waals surface area (Å²) in [6, 6.07) is 8.09. The number of rotatable bonds is 3. The van der Waals surface area contributed by atoms with Crippen LogP contribution in [0, 0.1) is 0 Å². The SMILES string of the molecule is O=CCOc1ccc2ccc(=O)oc2c1. The second-order valence-corrected chi connectivity index (χ2v) is 2.93. The summed E-state index contributed by atoms with van der Waals surface area (Å²) in [5.74, 6) is 0.504. The second-order valence-electron chi connectivity index (χ2n) is 2.93. The standard InChI is InChI=1S/C11H8O4/c12-5-6-14-9-3-1-8-2-4-11(13)15-10(8)7-9/h1-5,7H,6H2. The van der Waals surface area contributed by atoms with Crippen molar-refractivity contribution in [2.24, 2.45) is 0 Å². The van der Waals surface area contributed by atoms with Gasteiger partial charge < -0.3 is 9.15 Å². The molecule has 1 heterocycles. The maximum Gasteiger partial charge on any atom is 0.336 e. The van der Waals surface area contributed by atoms with Crippen molar-refractivity contribution in [2.45, 2.75) is 0 Å². The average molecular weight is 204 g/mol. The zero-order chi connectivity index (χ0) is 10.7. The molecule has 76 valence electrons. The molecule has 0 N–H and O–H groups in total. The van der Waals surface area contributed by atoms with Gasteiger partial charge in [0.05, 0.1) is 0 Å². The molecule has 2 rings (SSSR count). The Morgan fingerprint density at radius 3 is 2.87 bits per heavy atom. The summed E-state index contributed by atoms with van der Waals surface area (Å²) in [6.07, 6.45) is 0.658. The van der Waals surface area contributed by atoms with E-state index in [0.29, 0.717) is 17.6 Å². The van der Waals surface area contributed by atoms with Gasteiger partial charge in [0, 0.05) is 17.5 Å². The Bertz CT molecular complexity index is 542. The Balaban J connectivity index is 2.44. The van der Waals surface area contributed by atoms with Gasteiger partial charge >= 0.3 is 5.63 Å². The van der Waals surface area contributed by atoms with Crippen LogP contribution in [0.4, 0.5) is 0 Å². The first kappa shape index (κ1) is 9.45. The lowest BCUT2D eigenvalue weighted by molar-refractivity contribution is -0.109. The van der Waals surface area contributed by atoms with Crippen molar-refractivity contribution >= 4 is 17.3 Å². The highest BCUT2D eigenvalue weighted by Gasteiger charge is 1.99. The van der Waals surface area contributed by atoms with E-state index in [1.54, 1.807) is 24.3 Å². The number of hydrogen-bond donors (Lipinski definition) is 0. The molecule has 0 spiro atoms. The van der Waals surface area contributed by atoms with E-state index in [9.17, 15) is 9.59 Å². The normalized spacial score (nSPS) is 10.1. The fraction of sp³-hybridized carbons (Fsp3) is 0.0909. The molecule has 1 aromatic carbocycles. The summed E-state index contributed by atoms with van der Waals surface area (Å²) in [7, 11) is 0. The number of ether oxygens (including phenoxy) is 1. The third kappa shape index (κ3) is 2.04. The van der Waals surface area contributed by atoms with Gasteiger partial charge in [0.2, 0.25) is 0 Å². The van der Waals surface area contributed by atoms with Crippen LogP contribution in [0.3, 0.4) is 0 Å². The smallest absolute Gasteiger partial charge is 0.336 e. The van der Waals surface area contributed by atoms with Crippen molar-refractivity contribution < 1.29 is 13.9 Å². The molecule has 0 amide bonds. The maximum atomic E-state index is 10.9. The van der Waals surface area contributed by atoms with Gasteiger partial charge in [-0.1, -0.05) is 0 Å². The fourth-order valence-electron chi connectivity index (χ4n) is 1.26. The quantitative estimate of drug-likeness (QED) is 0.559. The first-order chi connectivity index (χ1) is 7.29. The van der Waals surface area contributed by atoms with Gasteiger partial charge in [-0.05, 0) is 18.2 Å². The summed E-state index contributed by atoms with van der Waals surface area (Å²) in [4.78, 5) is 21.0. The van der Waals surface area contributed by atoms with E-state index in [0.717, 1.165) is 5.39 Å². The van der Waals surface area contributed by atoms with Crippen molar-refractivity contribution in [3.63, 3.8) is 0 Å². The second kappa shape index (κ2) is 3.96. The van der Waals surface area contributed by atoms with Gasteiger partial charge in [-0.2, -0.15) is 0 Å². The predicted octanol–water partition coefficient (Wildman–Crippen LogP) is 1.37. The van der Waals surface area contributed by atoms with Crippen molar-refractivity contribution in [2.75, 3.05) is 6.61 Å². The van der Waals surface area contributed by atoms with E-state index in [-0.39, 0.29) is 6.61 Å². The van der Waals surface area contributed by atoms with Gasteiger partial charge in [0.15, 0.2) is 6.29 Å². The van der Waals surface area contributed by atoms with Crippen LogP contribution < -0.4 is 10.4 Å². The largest absolute Gasteiger partial charge is 0.486 e. The average Bonchev–Trinajstić information content (AvgIpc) is 2.25. The van der Waals surface area contributed by atoms with Crippen LogP contribution >= 0.6 is 0 Å². The number of aldehydes is 1. The summed E-state index contributed by atoms with van der Waals surface area (Å²) in [6.45, 7) is -0.0113. The molecule has 0 aliphatic heterocycles. The van der Waals surface area contributed by atoms with Gasteiger partial charge in [0.25, 0.3) is 0 Å². The minimum absolute atomic E-state index is 0.0113. The Hall–Kier alpha value is -2.10. The first-order valence-corrected chi connectivity index (χ1v) is 4.40. The topological polar surface area (TPSA) is 56.5 Å². The van der Waals surface area contributed by atoms with Gasteiger partial charge in [-0.3, -0.25) is 4.79 Å². The molecule has 0 saturated carbocycles. The van der Waals surface area contributed by atoms with Crippen molar-refractivity contribution in [3.8, 4) is 5.75 Å².